The molecule has 0 aliphatic heterocycles. The van der Waals surface area contributed by atoms with Gasteiger partial charge >= 0.3 is 0 Å². The Morgan fingerprint density at radius 2 is 1.90 bits per heavy atom. The molecular formula is C16H24BBrO3. The summed E-state index contributed by atoms with van der Waals surface area (Å²) in [6.07, 6.45) is 3.86. The Balaban J connectivity index is 1.97. The highest BCUT2D eigenvalue weighted by Gasteiger charge is 2.30. The number of rotatable bonds is 4. The molecule has 1 fully saturated rings. The molecule has 1 unspecified atom stereocenters. The van der Waals surface area contributed by atoms with Crippen LogP contribution in [0, 0.1) is 12.8 Å². The topological polar surface area (TPSA) is 49.7 Å². The molecule has 0 spiro atoms. The van der Waals surface area contributed by atoms with Crippen molar-refractivity contribution in [1.29, 1.82) is 0 Å². The molecule has 0 bridgehead atoms. The fraction of sp³-hybridized carbons (Fsp3) is 0.625. The lowest BCUT2D eigenvalue weighted by molar-refractivity contribution is -0.298. The van der Waals surface area contributed by atoms with E-state index in [0.717, 1.165) is 30.2 Å². The van der Waals surface area contributed by atoms with Crippen LogP contribution in [-0.2, 0) is 4.74 Å². The normalized spacial score (nSPS) is 24.8. The molecule has 0 heterocycles. The summed E-state index contributed by atoms with van der Waals surface area (Å²) in [4.78, 5) is 0. The SMILES string of the molecule is BC(O)(O)OC1CCC(C(C)c2cc(Br)ccc2C)CC1. The summed E-state index contributed by atoms with van der Waals surface area (Å²) in [7, 11) is 1.27. The molecule has 1 saturated carbocycles. The monoisotopic (exact) mass is 354 g/mol. The summed E-state index contributed by atoms with van der Waals surface area (Å²) in [5.74, 6) is -0.871. The van der Waals surface area contributed by atoms with E-state index in [1.807, 2.05) is 0 Å². The average Bonchev–Trinajstić information content (AvgIpc) is 2.40. The molecule has 21 heavy (non-hydrogen) atoms. The second-order valence-corrected chi connectivity index (χ2v) is 7.29. The van der Waals surface area contributed by atoms with Gasteiger partial charge in [0, 0.05) is 4.47 Å². The molecule has 0 radical (unpaired) electrons. The number of aliphatic hydroxyl groups is 2. The predicted molar refractivity (Wildman–Crippen MR) is 89.8 cm³/mol. The quantitative estimate of drug-likeness (QED) is 0.645. The lowest BCUT2D eigenvalue weighted by Gasteiger charge is -2.35. The van der Waals surface area contributed by atoms with E-state index in [0.29, 0.717) is 11.8 Å². The van der Waals surface area contributed by atoms with Crippen LogP contribution in [0.3, 0.4) is 0 Å². The molecule has 2 rings (SSSR count). The molecule has 0 amide bonds. The van der Waals surface area contributed by atoms with Crippen molar-refractivity contribution in [3.63, 3.8) is 0 Å². The van der Waals surface area contributed by atoms with Gasteiger partial charge in [-0.1, -0.05) is 28.9 Å². The van der Waals surface area contributed by atoms with Crippen LogP contribution in [0.4, 0.5) is 0 Å². The molecule has 1 aliphatic carbocycles. The maximum absolute atomic E-state index is 9.32. The van der Waals surface area contributed by atoms with Gasteiger partial charge in [0.2, 0.25) is 13.7 Å². The van der Waals surface area contributed by atoms with E-state index in [1.54, 1.807) is 0 Å². The van der Waals surface area contributed by atoms with Crippen molar-refractivity contribution in [3.8, 4) is 0 Å². The zero-order valence-corrected chi connectivity index (χ0v) is 14.6. The van der Waals surface area contributed by atoms with Gasteiger partial charge in [-0.15, -0.1) is 0 Å². The first kappa shape index (κ1) is 17.0. The van der Waals surface area contributed by atoms with Gasteiger partial charge in [-0.05, 0) is 67.7 Å². The zero-order valence-electron chi connectivity index (χ0n) is 13.0. The fourth-order valence-corrected chi connectivity index (χ4v) is 3.76. The van der Waals surface area contributed by atoms with Crippen LogP contribution in [-0.4, -0.2) is 30.0 Å². The van der Waals surface area contributed by atoms with Crippen molar-refractivity contribution in [1.82, 2.24) is 0 Å². The number of ether oxygens (including phenoxy) is 1. The Labute approximate surface area is 136 Å². The summed E-state index contributed by atoms with van der Waals surface area (Å²) in [5.41, 5.74) is 2.74. The van der Waals surface area contributed by atoms with E-state index < -0.39 is 5.87 Å². The smallest absolute Gasteiger partial charge is 0.225 e. The van der Waals surface area contributed by atoms with E-state index in [9.17, 15) is 10.2 Å². The first-order valence-corrected chi connectivity index (χ1v) is 8.44. The lowest BCUT2D eigenvalue weighted by Crippen LogP contribution is -2.38. The Kier molecular flexibility index (Phi) is 5.52. The number of benzene rings is 1. The first-order valence-electron chi connectivity index (χ1n) is 7.65. The van der Waals surface area contributed by atoms with Crippen molar-refractivity contribution >= 4 is 23.8 Å². The second kappa shape index (κ2) is 6.82. The van der Waals surface area contributed by atoms with E-state index in [4.69, 9.17) is 4.74 Å². The third kappa shape index (κ3) is 4.81. The maximum Gasteiger partial charge on any atom is 0.225 e. The van der Waals surface area contributed by atoms with Crippen LogP contribution >= 0.6 is 15.9 Å². The molecule has 1 aliphatic rings. The minimum atomic E-state index is -2.01. The van der Waals surface area contributed by atoms with Crippen LogP contribution in [0.2, 0.25) is 0 Å². The molecule has 1 aromatic rings. The maximum atomic E-state index is 9.32. The van der Waals surface area contributed by atoms with E-state index in [1.165, 1.54) is 19.0 Å². The van der Waals surface area contributed by atoms with Crippen molar-refractivity contribution < 1.29 is 14.9 Å². The van der Waals surface area contributed by atoms with Gasteiger partial charge in [-0.25, -0.2) is 0 Å². The van der Waals surface area contributed by atoms with Crippen molar-refractivity contribution in [2.24, 2.45) is 5.92 Å². The van der Waals surface area contributed by atoms with Crippen LogP contribution < -0.4 is 0 Å². The molecule has 5 heteroatoms. The van der Waals surface area contributed by atoms with Gasteiger partial charge in [0.25, 0.3) is 0 Å². The van der Waals surface area contributed by atoms with Crippen LogP contribution in [0.15, 0.2) is 22.7 Å². The van der Waals surface area contributed by atoms with E-state index in [-0.39, 0.29) is 6.10 Å². The molecule has 2 N–H and O–H groups in total. The molecule has 0 aromatic heterocycles. The Morgan fingerprint density at radius 1 is 1.29 bits per heavy atom. The van der Waals surface area contributed by atoms with Crippen molar-refractivity contribution in [2.75, 3.05) is 0 Å². The molecule has 116 valence electrons. The summed E-state index contributed by atoms with van der Waals surface area (Å²) < 4.78 is 6.39. The third-order valence-electron chi connectivity index (χ3n) is 4.55. The highest BCUT2D eigenvalue weighted by molar-refractivity contribution is 9.10. The van der Waals surface area contributed by atoms with E-state index in [2.05, 4.69) is 48.0 Å². The van der Waals surface area contributed by atoms with Crippen molar-refractivity contribution in [3.05, 3.63) is 33.8 Å². The highest BCUT2D eigenvalue weighted by atomic mass is 79.9. The van der Waals surface area contributed by atoms with Crippen LogP contribution in [0.25, 0.3) is 0 Å². The Bertz CT molecular complexity index is 479. The van der Waals surface area contributed by atoms with E-state index >= 15 is 0 Å². The molecular weight excluding hydrogens is 331 g/mol. The minimum Gasteiger partial charge on any atom is -0.352 e. The van der Waals surface area contributed by atoms with Gasteiger partial charge in [-0.3, -0.25) is 0 Å². The number of hydrogen-bond acceptors (Lipinski definition) is 3. The summed E-state index contributed by atoms with van der Waals surface area (Å²) in [6.45, 7) is 4.46. The predicted octanol–water partition coefficient (Wildman–Crippen LogP) is 2.67. The lowest BCUT2D eigenvalue weighted by atomic mass is 9.76. The number of hydrogen-bond donors (Lipinski definition) is 2. The largest absolute Gasteiger partial charge is 0.352 e. The fourth-order valence-electron chi connectivity index (χ4n) is 3.38. The van der Waals surface area contributed by atoms with Crippen LogP contribution in [0.5, 0.6) is 0 Å². The van der Waals surface area contributed by atoms with Gasteiger partial charge in [-0.2, -0.15) is 0 Å². The summed E-state index contributed by atoms with van der Waals surface area (Å²) in [5, 5.41) is 18.6. The third-order valence-corrected chi connectivity index (χ3v) is 5.04. The highest BCUT2D eigenvalue weighted by Crippen LogP contribution is 2.38. The summed E-state index contributed by atoms with van der Waals surface area (Å²) in [6, 6.07) is 6.47. The molecule has 0 saturated heterocycles. The molecule has 1 aromatic carbocycles. The van der Waals surface area contributed by atoms with Gasteiger partial charge < -0.3 is 14.9 Å². The second-order valence-electron chi connectivity index (χ2n) is 6.38. The van der Waals surface area contributed by atoms with Crippen molar-refractivity contribution in [2.45, 2.75) is 57.4 Å². The molecule has 3 nitrogen and oxygen atoms in total. The van der Waals surface area contributed by atoms with Gasteiger partial charge in [0.05, 0.1) is 6.10 Å². The van der Waals surface area contributed by atoms with Gasteiger partial charge in [0.1, 0.15) is 0 Å². The molecule has 1 atom stereocenters. The standard InChI is InChI=1S/C16H24BBrO3/c1-10-3-6-13(18)9-15(10)11(2)12-4-7-14(8-5-12)21-16(17,19)20/h3,6,9,11-12,14,19-20H,4-5,7-8,17H2,1-2H3. The number of halogens is 1. The van der Waals surface area contributed by atoms with Crippen LogP contribution in [0.1, 0.15) is 49.7 Å². The van der Waals surface area contributed by atoms with Gasteiger partial charge in [0.15, 0.2) is 0 Å². The Hall–Kier alpha value is -0.355. The number of aryl methyl sites for hydroxylation is 1. The summed E-state index contributed by atoms with van der Waals surface area (Å²) >= 11 is 3.56. The zero-order chi connectivity index (χ0) is 15.6. The average molecular weight is 355 g/mol. The minimum absolute atomic E-state index is 0.0444. The Morgan fingerprint density at radius 3 is 2.48 bits per heavy atom. The first-order chi connectivity index (χ1) is 9.76.